The van der Waals surface area contributed by atoms with E-state index in [1.807, 2.05) is 6.07 Å². The van der Waals surface area contributed by atoms with Crippen LogP contribution < -0.4 is 30.4 Å². The van der Waals surface area contributed by atoms with Crippen LogP contribution in [0.5, 0.6) is 11.5 Å². The molecule has 2 heterocycles. The highest BCUT2D eigenvalue weighted by Gasteiger charge is 2.48. The monoisotopic (exact) mass is 799 g/mol. The molecule has 1 unspecified atom stereocenters. The average molecular weight is 800 g/mol. The van der Waals surface area contributed by atoms with Gasteiger partial charge in [-0.25, -0.2) is 0 Å². The minimum Gasteiger partial charge on any atom is -0.458 e. The second-order valence-corrected chi connectivity index (χ2v) is 20.2. The maximum Gasteiger partial charge on any atom is 0.188 e. The Morgan fingerprint density at radius 3 is 1.93 bits per heavy atom. The van der Waals surface area contributed by atoms with E-state index in [2.05, 4.69) is 218 Å². The molecule has 2 aliphatic rings. The van der Waals surface area contributed by atoms with E-state index in [0.717, 1.165) is 56.9 Å². The molecule has 0 saturated heterocycles. The Morgan fingerprint density at radius 2 is 1.11 bits per heavy atom. The molecule has 0 amide bonds. The molecule has 1 atom stereocenters. The van der Waals surface area contributed by atoms with Crippen molar-refractivity contribution in [3.8, 4) is 11.5 Å². The van der Waals surface area contributed by atoms with E-state index < -0.39 is 8.07 Å². The van der Waals surface area contributed by atoms with Crippen LogP contribution in [-0.2, 0) is 6.42 Å². The van der Waals surface area contributed by atoms with Crippen LogP contribution in [-0.4, -0.2) is 8.07 Å². The van der Waals surface area contributed by atoms with Gasteiger partial charge >= 0.3 is 0 Å². The Hall–Kier alpha value is -7.40. The van der Waals surface area contributed by atoms with Crippen molar-refractivity contribution in [3.63, 3.8) is 0 Å². The normalized spacial score (nSPS) is 15.1. The number of fused-ring (bicyclic) bond motifs is 7. The average Bonchev–Trinajstić information content (AvgIpc) is 3.69. The SMILES string of the molecule is CC1C=C(c2ccc(N(c3ccc4c(c3)oc3ccccc34)c3cccc4c([Si]5(c6ccccc6)c6ccccc6Oc6ccccc65)cccc34)cc2)c2ccccc2C1. The maximum absolute atomic E-state index is 6.71. The van der Waals surface area contributed by atoms with Gasteiger partial charge in [0.05, 0.1) is 5.69 Å². The second kappa shape index (κ2) is 14.1. The predicted molar refractivity (Wildman–Crippen MR) is 256 cm³/mol. The summed E-state index contributed by atoms with van der Waals surface area (Å²) >= 11 is 0. The lowest BCUT2D eigenvalue weighted by atomic mass is 9.82. The number of benzene rings is 9. The van der Waals surface area contributed by atoms with Crippen molar-refractivity contribution in [2.45, 2.75) is 13.3 Å². The Bertz CT molecular complexity index is 3300. The van der Waals surface area contributed by atoms with Gasteiger partial charge in [0.15, 0.2) is 8.07 Å². The Balaban J connectivity index is 1.10. The summed E-state index contributed by atoms with van der Waals surface area (Å²) in [6, 6.07) is 75.3. The highest BCUT2D eigenvalue weighted by atomic mass is 28.3. The molecule has 0 fully saturated rings. The van der Waals surface area contributed by atoms with Gasteiger partial charge in [-0.1, -0.05) is 165 Å². The van der Waals surface area contributed by atoms with E-state index in [1.165, 1.54) is 53.8 Å². The number of para-hydroxylation sites is 3. The molecule has 0 saturated carbocycles. The van der Waals surface area contributed by atoms with Crippen molar-refractivity contribution in [1.29, 1.82) is 0 Å². The van der Waals surface area contributed by atoms with Crippen molar-refractivity contribution < 1.29 is 9.15 Å². The largest absolute Gasteiger partial charge is 0.458 e. The molecule has 4 heteroatoms. The maximum atomic E-state index is 6.71. The van der Waals surface area contributed by atoms with Gasteiger partial charge < -0.3 is 14.1 Å². The van der Waals surface area contributed by atoms with E-state index in [1.54, 1.807) is 0 Å². The molecule has 12 rings (SSSR count). The van der Waals surface area contributed by atoms with Crippen molar-refractivity contribution in [2.75, 3.05) is 4.90 Å². The van der Waals surface area contributed by atoms with Gasteiger partial charge in [-0.3, -0.25) is 0 Å². The molecule has 0 N–H and O–H groups in total. The lowest BCUT2D eigenvalue weighted by molar-refractivity contribution is 0.487. The van der Waals surface area contributed by atoms with E-state index in [4.69, 9.17) is 9.15 Å². The topological polar surface area (TPSA) is 25.6 Å². The van der Waals surface area contributed by atoms with Crippen LogP contribution in [0, 0.1) is 5.92 Å². The summed E-state index contributed by atoms with van der Waals surface area (Å²) in [5.41, 5.74) is 10.2. The van der Waals surface area contributed by atoms with E-state index >= 15 is 0 Å². The lowest BCUT2D eigenvalue weighted by Crippen LogP contribution is -2.76. The molecule has 61 heavy (non-hydrogen) atoms. The fourth-order valence-electron chi connectivity index (χ4n) is 10.3. The van der Waals surface area contributed by atoms with Gasteiger partial charge in [-0.15, -0.1) is 0 Å². The second-order valence-electron chi connectivity index (χ2n) is 16.5. The quantitative estimate of drug-likeness (QED) is 0.157. The summed E-state index contributed by atoms with van der Waals surface area (Å²) in [7, 11) is -2.94. The predicted octanol–water partition coefficient (Wildman–Crippen LogP) is 12.3. The van der Waals surface area contributed by atoms with Gasteiger partial charge in [0.2, 0.25) is 0 Å². The first kappa shape index (κ1) is 35.5. The van der Waals surface area contributed by atoms with Crippen LogP contribution in [0.4, 0.5) is 17.1 Å². The number of rotatable bonds is 6. The summed E-state index contributed by atoms with van der Waals surface area (Å²) in [4.78, 5) is 2.41. The van der Waals surface area contributed by atoms with Gasteiger partial charge in [-0.2, -0.15) is 0 Å². The van der Waals surface area contributed by atoms with Crippen LogP contribution in [0.15, 0.2) is 217 Å². The lowest BCUT2D eigenvalue weighted by Gasteiger charge is -2.40. The van der Waals surface area contributed by atoms with Crippen LogP contribution in [0.2, 0.25) is 0 Å². The zero-order valence-electron chi connectivity index (χ0n) is 33.8. The first-order valence-electron chi connectivity index (χ1n) is 21.2. The van der Waals surface area contributed by atoms with Crippen LogP contribution >= 0.6 is 0 Å². The first-order chi connectivity index (χ1) is 30.1. The van der Waals surface area contributed by atoms with Gasteiger partial charge in [0.25, 0.3) is 0 Å². The first-order valence-corrected chi connectivity index (χ1v) is 23.2. The summed E-state index contributed by atoms with van der Waals surface area (Å²) in [6.07, 6.45) is 3.51. The number of anilines is 3. The minimum atomic E-state index is -2.94. The molecule has 1 aromatic heterocycles. The molecule has 0 spiro atoms. The molecule has 10 aromatic rings. The molecule has 3 nitrogen and oxygen atoms in total. The number of allylic oxidation sites excluding steroid dienone is 1. The van der Waals surface area contributed by atoms with Crippen molar-refractivity contribution >= 4 is 84.2 Å². The summed E-state index contributed by atoms with van der Waals surface area (Å²) in [5.74, 6) is 2.32. The molecular weight excluding hydrogens is 759 g/mol. The van der Waals surface area contributed by atoms with Crippen LogP contribution in [0.3, 0.4) is 0 Å². The molecule has 9 aromatic carbocycles. The fraction of sp³-hybridized carbons (Fsp3) is 0.0526. The number of ether oxygens (including phenoxy) is 1. The third-order valence-corrected chi connectivity index (χ3v) is 17.8. The standard InChI is InChI=1S/C57H41NO2Si/c1-38-35-40-15-5-6-18-44(40)49(36-38)39-29-31-41(32-30-39)58(42-33-34-47-46-19-7-8-23-51(46)59-54(47)37-42)50-22-13-21-48-45(50)20-14-28-55(48)61(43-16-3-2-4-17-43)56-26-11-9-24-52(56)60-53-25-10-12-27-57(53)61/h2-34,36-38H,35H2,1H3. The Morgan fingerprint density at radius 1 is 0.492 bits per heavy atom. The summed E-state index contributed by atoms with van der Waals surface area (Å²) < 4.78 is 13.2. The van der Waals surface area contributed by atoms with Crippen LogP contribution in [0.25, 0.3) is 38.3 Å². The molecule has 290 valence electrons. The van der Waals surface area contributed by atoms with E-state index in [0.29, 0.717) is 5.92 Å². The molecular formula is C57H41NO2Si. The number of hydrogen-bond donors (Lipinski definition) is 0. The smallest absolute Gasteiger partial charge is 0.188 e. The third kappa shape index (κ3) is 5.56. The zero-order valence-corrected chi connectivity index (χ0v) is 34.8. The highest BCUT2D eigenvalue weighted by Crippen LogP contribution is 2.43. The summed E-state index contributed by atoms with van der Waals surface area (Å²) in [5, 5.41) is 9.81. The van der Waals surface area contributed by atoms with Gasteiger partial charge in [0, 0.05) is 33.6 Å². The number of hydrogen-bond acceptors (Lipinski definition) is 3. The van der Waals surface area contributed by atoms with E-state index in [-0.39, 0.29) is 0 Å². The molecule has 1 aliphatic carbocycles. The molecule has 0 bridgehead atoms. The third-order valence-electron chi connectivity index (χ3n) is 12.9. The zero-order chi connectivity index (χ0) is 40.5. The van der Waals surface area contributed by atoms with Crippen molar-refractivity contribution in [1.82, 2.24) is 0 Å². The van der Waals surface area contributed by atoms with Gasteiger partial charge in [-0.05, 0) is 109 Å². The number of furan rings is 1. The molecule has 1 aliphatic heterocycles. The van der Waals surface area contributed by atoms with Gasteiger partial charge in [0.1, 0.15) is 22.7 Å². The highest BCUT2D eigenvalue weighted by molar-refractivity contribution is 7.21. The Kier molecular flexibility index (Phi) is 8.22. The summed E-state index contributed by atoms with van der Waals surface area (Å²) in [6.45, 7) is 2.32. The Labute approximate surface area is 356 Å². The van der Waals surface area contributed by atoms with E-state index in [9.17, 15) is 0 Å². The fourth-order valence-corrected chi connectivity index (χ4v) is 15.5. The minimum absolute atomic E-state index is 0.471. The molecule has 0 radical (unpaired) electrons. The van der Waals surface area contributed by atoms with Crippen molar-refractivity contribution in [2.24, 2.45) is 5.92 Å². The van der Waals surface area contributed by atoms with Crippen LogP contribution in [0.1, 0.15) is 23.6 Å². The number of nitrogens with zero attached hydrogens (tertiary/aromatic N) is 1. The van der Waals surface area contributed by atoms with Crippen molar-refractivity contribution in [3.05, 3.63) is 229 Å².